The first-order chi connectivity index (χ1) is 9.31. The van der Waals surface area contributed by atoms with E-state index in [0.717, 1.165) is 16.5 Å². The van der Waals surface area contributed by atoms with Gasteiger partial charge in [0.1, 0.15) is 11.4 Å². The summed E-state index contributed by atoms with van der Waals surface area (Å²) in [6, 6.07) is 9.14. The van der Waals surface area contributed by atoms with Gasteiger partial charge in [0.05, 0.1) is 18.5 Å². The summed E-state index contributed by atoms with van der Waals surface area (Å²) >= 11 is 0. The van der Waals surface area contributed by atoms with Gasteiger partial charge >= 0.3 is 0 Å². The van der Waals surface area contributed by atoms with E-state index < -0.39 is 0 Å². The molecule has 1 aromatic carbocycles. The van der Waals surface area contributed by atoms with Crippen LogP contribution in [0.5, 0.6) is 0 Å². The van der Waals surface area contributed by atoms with Gasteiger partial charge in [-0.1, -0.05) is 18.2 Å². The Balaban J connectivity index is 2.15. The molecule has 0 aliphatic heterocycles. The van der Waals surface area contributed by atoms with E-state index in [1.807, 2.05) is 24.3 Å². The lowest BCUT2D eigenvalue weighted by Crippen LogP contribution is -2.18. The van der Waals surface area contributed by atoms with Crippen LogP contribution in [-0.4, -0.2) is 12.0 Å². The number of hydrogen-bond acceptors (Lipinski definition) is 3. The highest BCUT2D eigenvalue weighted by atomic mass is 19.1. The van der Waals surface area contributed by atoms with Gasteiger partial charge in [-0.25, -0.2) is 4.39 Å². The highest BCUT2D eigenvalue weighted by Gasteiger charge is 2.20. The largest absolute Gasteiger partial charge is 0.464 e. The number of pyridine rings is 1. The Morgan fingerprint density at radius 2 is 2.05 bits per heavy atom. The van der Waals surface area contributed by atoms with Crippen molar-refractivity contribution in [1.29, 1.82) is 0 Å². The molecule has 0 bridgehead atoms. The molecule has 4 heteroatoms. The molecule has 96 valence electrons. The minimum Gasteiger partial charge on any atom is -0.464 e. The quantitative estimate of drug-likeness (QED) is 0.781. The molecule has 0 aliphatic carbocycles. The summed E-state index contributed by atoms with van der Waals surface area (Å²) in [6.45, 7) is 0. The molecule has 0 spiro atoms. The fraction of sp³-hybridized carbons (Fsp3) is 0.133. The lowest BCUT2D eigenvalue weighted by Gasteiger charge is -2.16. The number of rotatable bonds is 3. The first kappa shape index (κ1) is 11.9. The molecule has 0 amide bonds. The van der Waals surface area contributed by atoms with E-state index in [0.29, 0.717) is 5.56 Å². The molecule has 2 heterocycles. The lowest BCUT2D eigenvalue weighted by atomic mass is 9.99. The smallest absolute Gasteiger partial charge is 0.146 e. The number of halogens is 1. The monoisotopic (exact) mass is 256 g/mol. The topological polar surface area (TPSA) is 38.1 Å². The summed E-state index contributed by atoms with van der Waals surface area (Å²) in [5.74, 6) is -0.327. The minimum absolute atomic E-state index is 0.258. The van der Waals surface area contributed by atoms with Crippen molar-refractivity contribution < 1.29 is 8.81 Å². The van der Waals surface area contributed by atoms with Crippen molar-refractivity contribution in [1.82, 2.24) is 10.3 Å². The van der Waals surface area contributed by atoms with E-state index in [1.54, 1.807) is 25.6 Å². The molecule has 1 N–H and O–H groups in total. The maximum absolute atomic E-state index is 13.9. The molecular weight excluding hydrogens is 243 g/mol. The number of aromatic nitrogens is 1. The molecular formula is C15H13FN2O. The fourth-order valence-corrected chi connectivity index (χ4v) is 2.32. The zero-order chi connectivity index (χ0) is 13.2. The Kier molecular flexibility index (Phi) is 3.01. The Morgan fingerprint density at radius 1 is 1.21 bits per heavy atom. The predicted molar refractivity (Wildman–Crippen MR) is 71.3 cm³/mol. The first-order valence-electron chi connectivity index (χ1n) is 6.04. The predicted octanol–water partition coefficient (Wildman–Crippen LogP) is 3.28. The molecule has 0 saturated heterocycles. The second kappa shape index (κ2) is 4.82. The minimum atomic E-state index is -0.327. The van der Waals surface area contributed by atoms with Gasteiger partial charge in [-0.05, 0) is 19.2 Å². The summed E-state index contributed by atoms with van der Waals surface area (Å²) in [6.07, 6.45) is 4.48. The number of furan rings is 1. The van der Waals surface area contributed by atoms with Crippen LogP contribution in [0.3, 0.4) is 0 Å². The Bertz CT molecular complexity index is 708. The van der Waals surface area contributed by atoms with E-state index in [9.17, 15) is 4.39 Å². The van der Waals surface area contributed by atoms with Crippen molar-refractivity contribution >= 4 is 11.0 Å². The van der Waals surface area contributed by atoms with Crippen LogP contribution in [0.4, 0.5) is 4.39 Å². The molecule has 3 nitrogen and oxygen atoms in total. The zero-order valence-electron chi connectivity index (χ0n) is 10.4. The summed E-state index contributed by atoms with van der Waals surface area (Å²) in [5.41, 5.74) is 2.28. The van der Waals surface area contributed by atoms with Crippen LogP contribution in [0.15, 0.2) is 53.4 Å². The summed E-state index contributed by atoms with van der Waals surface area (Å²) < 4.78 is 19.4. The molecule has 1 atom stereocenters. The third kappa shape index (κ3) is 2.00. The molecule has 2 aromatic heterocycles. The second-order valence-corrected chi connectivity index (χ2v) is 4.31. The second-order valence-electron chi connectivity index (χ2n) is 4.31. The van der Waals surface area contributed by atoms with E-state index in [2.05, 4.69) is 10.3 Å². The van der Waals surface area contributed by atoms with Gasteiger partial charge in [-0.2, -0.15) is 0 Å². The number of nitrogens with zero attached hydrogens (tertiary/aromatic N) is 1. The number of benzene rings is 1. The highest BCUT2D eigenvalue weighted by Crippen LogP contribution is 2.31. The van der Waals surface area contributed by atoms with Crippen LogP contribution >= 0.6 is 0 Å². The highest BCUT2D eigenvalue weighted by molar-refractivity contribution is 5.81. The van der Waals surface area contributed by atoms with E-state index >= 15 is 0 Å². The Labute approximate surface area is 110 Å². The lowest BCUT2D eigenvalue weighted by molar-refractivity contribution is 0.561. The zero-order valence-corrected chi connectivity index (χ0v) is 10.4. The van der Waals surface area contributed by atoms with Gasteiger partial charge in [-0.3, -0.25) is 4.98 Å². The molecule has 0 saturated carbocycles. The van der Waals surface area contributed by atoms with Crippen LogP contribution < -0.4 is 5.32 Å². The third-order valence-electron chi connectivity index (χ3n) is 3.23. The molecule has 0 aliphatic rings. The van der Waals surface area contributed by atoms with Crippen molar-refractivity contribution in [2.75, 3.05) is 7.05 Å². The molecule has 19 heavy (non-hydrogen) atoms. The van der Waals surface area contributed by atoms with Crippen LogP contribution in [0, 0.1) is 5.82 Å². The fourth-order valence-electron chi connectivity index (χ4n) is 2.32. The van der Waals surface area contributed by atoms with E-state index in [-0.39, 0.29) is 11.9 Å². The van der Waals surface area contributed by atoms with Crippen molar-refractivity contribution in [3.8, 4) is 0 Å². The van der Waals surface area contributed by atoms with Crippen molar-refractivity contribution in [2.45, 2.75) is 6.04 Å². The molecule has 3 rings (SSSR count). The van der Waals surface area contributed by atoms with Crippen LogP contribution in [0.2, 0.25) is 0 Å². The SMILES string of the molecule is CNC(c1ccncc1F)c1coc2ccccc12. The van der Waals surface area contributed by atoms with Gasteiger partial charge in [0.2, 0.25) is 0 Å². The first-order valence-corrected chi connectivity index (χ1v) is 6.04. The summed E-state index contributed by atoms with van der Waals surface area (Å²) in [5, 5.41) is 4.11. The summed E-state index contributed by atoms with van der Waals surface area (Å²) in [4.78, 5) is 3.78. The van der Waals surface area contributed by atoms with Gasteiger partial charge < -0.3 is 9.73 Å². The third-order valence-corrected chi connectivity index (χ3v) is 3.23. The van der Waals surface area contributed by atoms with Gasteiger partial charge in [-0.15, -0.1) is 0 Å². The van der Waals surface area contributed by atoms with Crippen LogP contribution in [0.1, 0.15) is 17.2 Å². The Hall–Kier alpha value is -2.20. The average Bonchev–Trinajstić information content (AvgIpc) is 2.86. The number of fused-ring (bicyclic) bond motifs is 1. The average molecular weight is 256 g/mol. The molecule has 0 fully saturated rings. The Morgan fingerprint density at radius 3 is 2.84 bits per heavy atom. The van der Waals surface area contributed by atoms with Crippen LogP contribution in [-0.2, 0) is 0 Å². The standard InChI is InChI=1S/C15H13FN2O/c1-17-15(11-6-7-18-8-13(11)16)12-9-19-14-5-3-2-4-10(12)14/h2-9,15,17H,1H3. The van der Waals surface area contributed by atoms with Gasteiger partial charge in [0.15, 0.2) is 0 Å². The van der Waals surface area contributed by atoms with Crippen molar-refractivity contribution in [2.24, 2.45) is 0 Å². The van der Waals surface area contributed by atoms with Crippen LogP contribution in [0.25, 0.3) is 11.0 Å². The normalized spacial score (nSPS) is 12.7. The number of nitrogens with one attached hydrogen (secondary N) is 1. The maximum Gasteiger partial charge on any atom is 0.146 e. The van der Waals surface area contributed by atoms with E-state index in [1.165, 1.54) is 6.20 Å². The summed E-state index contributed by atoms with van der Waals surface area (Å²) in [7, 11) is 1.80. The van der Waals surface area contributed by atoms with Crippen molar-refractivity contribution in [3.05, 3.63) is 65.9 Å². The van der Waals surface area contributed by atoms with Gasteiger partial charge in [0, 0.05) is 22.7 Å². The molecule has 1 unspecified atom stereocenters. The van der Waals surface area contributed by atoms with E-state index in [4.69, 9.17) is 4.42 Å². The maximum atomic E-state index is 13.9. The van der Waals surface area contributed by atoms with Crippen molar-refractivity contribution in [3.63, 3.8) is 0 Å². The molecule has 0 radical (unpaired) electrons. The van der Waals surface area contributed by atoms with Gasteiger partial charge in [0.25, 0.3) is 0 Å². The number of para-hydroxylation sites is 1. The number of hydrogen-bond donors (Lipinski definition) is 1. The molecule has 3 aromatic rings.